The first-order chi connectivity index (χ1) is 11.2. The van der Waals surface area contributed by atoms with E-state index in [1.807, 2.05) is 35.2 Å². The van der Waals surface area contributed by atoms with E-state index in [0.717, 1.165) is 24.7 Å². The van der Waals surface area contributed by atoms with Crippen LogP contribution in [-0.4, -0.2) is 34.4 Å². The molecule has 0 bridgehead atoms. The van der Waals surface area contributed by atoms with Gasteiger partial charge in [0, 0.05) is 20.1 Å². The van der Waals surface area contributed by atoms with Crippen molar-refractivity contribution in [2.45, 2.75) is 13.0 Å². The van der Waals surface area contributed by atoms with Crippen molar-refractivity contribution in [3.05, 3.63) is 51.8 Å². The summed E-state index contributed by atoms with van der Waals surface area (Å²) >= 11 is 0. The number of aryl methyl sites for hydroxylation is 1. The highest BCUT2D eigenvalue weighted by Gasteiger charge is 2.24. The zero-order valence-electron chi connectivity index (χ0n) is 12.8. The Balaban J connectivity index is 2.11. The summed E-state index contributed by atoms with van der Waals surface area (Å²) in [6.07, 6.45) is 1.96. The third-order valence-electron chi connectivity index (χ3n) is 3.75. The molecule has 0 fully saturated rings. The molecule has 23 heavy (non-hydrogen) atoms. The van der Waals surface area contributed by atoms with Crippen LogP contribution in [0.25, 0.3) is 0 Å². The Morgan fingerprint density at radius 1 is 1.39 bits per heavy atom. The maximum atomic E-state index is 12.4. The van der Waals surface area contributed by atoms with Gasteiger partial charge in [-0.25, -0.2) is 4.68 Å². The highest BCUT2D eigenvalue weighted by molar-refractivity contribution is 5.89. The Bertz CT molecular complexity index is 771. The van der Waals surface area contributed by atoms with Crippen LogP contribution < -0.4 is 15.2 Å². The van der Waals surface area contributed by atoms with Crippen molar-refractivity contribution in [3.63, 3.8) is 0 Å². The molecular weight excluding hydrogens is 296 g/mol. The SMILES string of the molecule is Cn1nc2c(c(C=NO)c1=O)N(Cc1ccccc1)CCCO2. The number of hydrogen-bond acceptors (Lipinski definition) is 6. The van der Waals surface area contributed by atoms with Gasteiger partial charge in [-0.1, -0.05) is 35.5 Å². The van der Waals surface area contributed by atoms with Crippen LogP contribution >= 0.6 is 0 Å². The van der Waals surface area contributed by atoms with Gasteiger partial charge < -0.3 is 14.8 Å². The summed E-state index contributed by atoms with van der Waals surface area (Å²) in [5.74, 6) is 0.385. The van der Waals surface area contributed by atoms with E-state index < -0.39 is 0 Å². The number of oxime groups is 1. The molecule has 3 rings (SSSR count). The van der Waals surface area contributed by atoms with E-state index in [4.69, 9.17) is 9.94 Å². The Morgan fingerprint density at radius 3 is 2.91 bits per heavy atom. The van der Waals surface area contributed by atoms with E-state index in [9.17, 15) is 4.79 Å². The van der Waals surface area contributed by atoms with Crippen LogP contribution in [0, 0.1) is 0 Å². The Hall–Kier alpha value is -2.83. The number of hydrogen-bond donors (Lipinski definition) is 1. The molecule has 7 heteroatoms. The van der Waals surface area contributed by atoms with Crippen LogP contribution in [0.1, 0.15) is 17.5 Å². The monoisotopic (exact) mass is 314 g/mol. The maximum Gasteiger partial charge on any atom is 0.277 e. The summed E-state index contributed by atoms with van der Waals surface area (Å²) in [6, 6.07) is 9.97. The zero-order chi connectivity index (χ0) is 16.2. The van der Waals surface area contributed by atoms with Gasteiger partial charge in [-0.3, -0.25) is 4.79 Å². The summed E-state index contributed by atoms with van der Waals surface area (Å²) < 4.78 is 6.88. The van der Waals surface area contributed by atoms with E-state index in [1.54, 1.807) is 7.05 Å². The first kappa shape index (κ1) is 15.1. The van der Waals surface area contributed by atoms with E-state index in [2.05, 4.69) is 10.3 Å². The van der Waals surface area contributed by atoms with Gasteiger partial charge in [-0.2, -0.15) is 0 Å². The van der Waals surface area contributed by atoms with Crippen LogP contribution in [-0.2, 0) is 13.6 Å². The highest BCUT2D eigenvalue weighted by atomic mass is 16.5. The number of aromatic nitrogens is 2. The van der Waals surface area contributed by atoms with Gasteiger partial charge in [0.1, 0.15) is 5.69 Å². The summed E-state index contributed by atoms with van der Waals surface area (Å²) in [6.45, 7) is 1.88. The molecule has 0 radical (unpaired) electrons. The molecule has 0 amide bonds. The van der Waals surface area contributed by atoms with Crippen molar-refractivity contribution in [2.75, 3.05) is 18.1 Å². The quantitative estimate of drug-likeness (QED) is 0.526. The first-order valence-corrected chi connectivity index (χ1v) is 7.41. The van der Waals surface area contributed by atoms with Crippen molar-refractivity contribution < 1.29 is 9.94 Å². The maximum absolute atomic E-state index is 12.4. The fourth-order valence-corrected chi connectivity index (χ4v) is 2.69. The molecule has 2 aromatic rings. The fraction of sp³-hybridized carbons (Fsp3) is 0.312. The number of ether oxygens (including phenoxy) is 1. The van der Waals surface area contributed by atoms with Crippen LogP contribution in [0.15, 0.2) is 40.3 Å². The number of benzene rings is 1. The van der Waals surface area contributed by atoms with Crippen molar-refractivity contribution in [1.82, 2.24) is 9.78 Å². The molecule has 1 aromatic heterocycles. The Morgan fingerprint density at radius 2 is 2.17 bits per heavy atom. The van der Waals surface area contributed by atoms with E-state index >= 15 is 0 Å². The summed E-state index contributed by atoms with van der Waals surface area (Å²) in [4.78, 5) is 14.4. The number of nitrogens with zero attached hydrogens (tertiary/aromatic N) is 4. The second kappa shape index (κ2) is 6.51. The lowest BCUT2D eigenvalue weighted by molar-refractivity contribution is 0.302. The van der Waals surface area contributed by atoms with Gasteiger partial charge in [0.25, 0.3) is 11.4 Å². The van der Waals surface area contributed by atoms with Crippen molar-refractivity contribution >= 4 is 11.9 Å². The lowest BCUT2D eigenvalue weighted by atomic mass is 10.1. The first-order valence-electron chi connectivity index (χ1n) is 7.41. The summed E-state index contributed by atoms with van der Waals surface area (Å²) in [5, 5.41) is 16.2. The average molecular weight is 314 g/mol. The summed E-state index contributed by atoms with van der Waals surface area (Å²) in [5.41, 5.74) is 1.64. The highest BCUT2D eigenvalue weighted by Crippen LogP contribution is 2.31. The van der Waals surface area contributed by atoms with E-state index in [1.165, 1.54) is 4.68 Å². The Labute approximate surface area is 133 Å². The lowest BCUT2D eigenvalue weighted by Crippen LogP contribution is -2.31. The van der Waals surface area contributed by atoms with Crippen LogP contribution in [0.4, 0.5) is 5.69 Å². The predicted molar refractivity (Wildman–Crippen MR) is 86.5 cm³/mol. The average Bonchev–Trinajstić information content (AvgIpc) is 2.75. The molecule has 0 spiro atoms. The predicted octanol–water partition coefficient (Wildman–Crippen LogP) is 1.38. The molecule has 0 saturated heterocycles. The molecule has 1 aromatic carbocycles. The van der Waals surface area contributed by atoms with Crippen molar-refractivity contribution in [1.29, 1.82) is 0 Å². The fourth-order valence-electron chi connectivity index (χ4n) is 2.69. The summed E-state index contributed by atoms with van der Waals surface area (Å²) in [7, 11) is 1.55. The number of anilines is 1. The molecule has 1 N–H and O–H groups in total. The van der Waals surface area contributed by atoms with Gasteiger partial charge in [0.15, 0.2) is 0 Å². The number of rotatable bonds is 3. The van der Waals surface area contributed by atoms with Gasteiger partial charge >= 0.3 is 0 Å². The standard InChI is InChI=1S/C16H18N4O3/c1-19-16(21)13(10-17-22)14-15(18-19)23-9-5-8-20(14)11-12-6-3-2-4-7-12/h2-4,6-7,10,22H,5,8-9,11H2,1H3. The van der Waals surface area contributed by atoms with Crippen LogP contribution in [0.2, 0.25) is 0 Å². The topological polar surface area (TPSA) is 79.9 Å². The van der Waals surface area contributed by atoms with Gasteiger partial charge in [-0.15, -0.1) is 5.10 Å². The van der Waals surface area contributed by atoms with Crippen molar-refractivity contribution in [2.24, 2.45) is 12.2 Å². The zero-order valence-corrected chi connectivity index (χ0v) is 12.8. The minimum absolute atomic E-state index is 0.276. The Kier molecular flexibility index (Phi) is 4.27. The lowest BCUT2D eigenvalue weighted by Gasteiger charge is -2.24. The minimum Gasteiger partial charge on any atom is -0.475 e. The third-order valence-corrected chi connectivity index (χ3v) is 3.75. The van der Waals surface area contributed by atoms with Gasteiger partial charge in [-0.05, 0) is 12.0 Å². The van der Waals surface area contributed by atoms with Crippen LogP contribution in [0.5, 0.6) is 5.88 Å². The smallest absolute Gasteiger partial charge is 0.277 e. The normalized spacial score (nSPS) is 14.4. The molecule has 0 saturated carbocycles. The van der Waals surface area contributed by atoms with Gasteiger partial charge in [0.2, 0.25) is 0 Å². The molecule has 7 nitrogen and oxygen atoms in total. The molecule has 0 unspecified atom stereocenters. The van der Waals surface area contributed by atoms with E-state index in [-0.39, 0.29) is 11.1 Å². The molecule has 0 atom stereocenters. The molecule has 2 heterocycles. The second-order valence-electron chi connectivity index (χ2n) is 5.35. The minimum atomic E-state index is -0.329. The molecule has 1 aliphatic heterocycles. The third kappa shape index (κ3) is 3.03. The molecule has 120 valence electrons. The van der Waals surface area contributed by atoms with Crippen LogP contribution in [0.3, 0.4) is 0 Å². The van der Waals surface area contributed by atoms with Gasteiger partial charge in [0.05, 0.1) is 18.4 Å². The molecular formula is C16H18N4O3. The second-order valence-corrected chi connectivity index (χ2v) is 5.35. The van der Waals surface area contributed by atoms with E-state index in [0.29, 0.717) is 24.7 Å². The molecule has 0 aliphatic carbocycles. The van der Waals surface area contributed by atoms with Crippen molar-refractivity contribution in [3.8, 4) is 5.88 Å². The number of fused-ring (bicyclic) bond motifs is 1. The molecule has 1 aliphatic rings. The largest absolute Gasteiger partial charge is 0.475 e.